The Morgan fingerprint density at radius 3 is 2.12 bits per heavy atom. The molecule has 0 amide bonds. The van der Waals surface area contributed by atoms with E-state index in [-0.39, 0.29) is 5.41 Å². The molecular weight excluding hydrogens is 619 g/mol. The first-order chi connectivity index (χ1) is 25.0. The fourth-order valence-electron chi connectivity index (χ4n) is 8.56. The Kier molecular flexibility index (Phi) is 6.69. The molecule has 2 aliphatic rings. The van der Waals surface area contributed by atoms with Gasteiger partial charge in [-0.05, 0) is 81.8 Å². The Morgan fingerprint density at radius 1 is 0.588 bits per heavy atom. The molecule has 0 saturated heterocycles. The lowest BCUT2D eigenvalue weighted by Gasteiger charge is -2.31. The van der Waals surface area contributed by atoms with Crippen molar-refractivity contribution in [3.05, 3.63) is 192 Å². The molecule has 0 N–H and O–H groups in total. The summed E-state index contributed by atoms with van der Waals surface area (Å²) in [5.41, 5.74) is 14.3. The van der Waals surface area contributed by atoms with Gasteiger partial charge in [0.05, 0.1) is 5.69 Å². The van der Waals surface area contributed by atoms with Crippen LogP contribution in [0.2, 0.25) is 0 Å². The Bertz CT molecular complexity index is 2690. The highest BCUT2D eigenvalue weighted by Gasteiger charge is 2.36. The lowest BCUT2D eigenvalue weighted by Crippen LogP contribution is -2.19. The Balaban J connectivity index is 1.20. The maximum atomic E-state index is 6.68. The van der Waals surface area contributed by atoms with Gasteiger partial charge in [0.1, 0.15) is 11.2 Å². The predicted octanol–water partition coefficient (Wildman–Crippen LogP) is 13.5. The van der Waals surface area contributed by atoms with E-state index in [0.717, 1.165) is 50.5 Å². The number of fused-ring (bicyclic) bond motifs is 8. The third kappa shape index (κ3) is 4.71. The molecule has 0 radical (unpaired) electrons. The Labute approximate surface area is 298 Å². The molecule has 10 rings (SSSR count). The quantitative estimate of drug-likeness (QED) is 0.183. The van der Waals surface area contributed by atoms with Crippen LogP contribution in [0.3, 0.4) is 0 Å². The molecule has 0 spiro atoms. The van der Waals surface area contributed by atoms with Crippen LogP contribution in [0.1, 0.15) is 42.9 Å². The minimum absolute atomic E-state index is 0.108. The molecule has 1 aromatic heterocycles. The maximum Gasteiger partial charge on any atom is 0.143 e. The van der Waals surface area contributed by atoms with Crippen LogP contribution in [-0.2, 0) is 5.41 Å². The highest BCUT2D eigenvalue weighted by molar-refractivity contribution is 6.19. The van der Waals surface area contributed by atoms with Gasteiger partial charge in [0.15, 0.2) is 0 Å². The summed E-state index contributed by atoms with van der Waals surface area (Å²) in [6.07, 6.45) is 8.06. The van der Waals surface area contributed by atoms with E-state index in [4.69, 9.17) is 4.42 Å². The van der Waals surface area contributed by atoms with E-state index < -0.39 is 0 Å². The molecule has 1 unspecified atom stereocenters. The zero-order valence-corrected chi connectivity index (χ0v) is 28.8. The van der Waals surface area contributed by atoms with Crippen molar-refractivity contribution in [1.82, 2.24) is 0 Å². The normalized spacial score (nSPS) is 16.0. The molecule has 244 valence electrons. The Hall–Kier alpha value is -6.12. The summed E-state index contributed by atoms with van der Waals surface area (Å²) in [6.45, 7) is 4.72. The second-order valence-corrected chi connectivity index (χ2v) is 14.5. The molecule has 8 aromatic rings. The van der Waals surface area contributed by atoms with Crippen molar-refractivity contribution in [2.45, 2.75) is 31.6 Å². The summed E-state index contributed by atoms with van der Waals surface area (Å²) in [4.78, 5) is 2.48. The largest absolute Gasteiger partial charge is 0.455 e. The number of benzene rings is 7. The van der Waals surface area contributed by atoms with Gasteiger partial charge in [-0.1, -0.05) is 147 Å². The third-order valence-electron chi connectivity index (χ3n) is 11.2. The van der Waals surface area contributed by atoms with E-state index in [0.29, 0.717) is 5.92 Å². The van der Waals surface area contributed by atoms with Gasteiger partial charge in [-0.15, -0.1) is 0 Å². The van der Waals surface area contributed by atoms with Crippen LogP contribution >= 0.6 is 0 Å². The van der Waals surface area contributed by atoms with Crippen molar-refractivity contribution >= 4 is 44.1 Å². The van der Waals surface area contributed by atoms with E-state index in [1.807, 2.05) is 0 Å². The number of hydrogen-bond acceptors (Lipinski definition) is 2. The molecule has 7 aromatic carbocycles. The average molecular weight is 656 g/mol. The van der Waals surface area contributed by atoms with Gasteiger partial charge in [0.2, 0.25) is 0 Å². The number of hydrogen-bond donors (Lipinski definition) is 0. The van der Waals surface area contributed by atoms with Crippen molar-refractivity contribution < 1.29 is 4.42 Å². The summed E-state index contributed by atoms with van der Waals surface area (Å²) in [6, 6.07) is 55.1. The van der Waals surface area contributed by atoms with Gasteiger partial charge >= 0.3 is 0 Å². The first-order valence-electron chi connectivity index (χ1n) is 18.0. The van der Waals surface area contributed by atoms with Crippen LogP contribution in [0.5, 0.6) is 0 Å². The monoisotopic (exact) mass is 655 g/mol. The summed E-state index contributed by atoms with van der Waals surface area (Å²) >= 11 is 0. The zero-order valence-electron chi connectivity index (χ0n) is 28.8. The lowest BCUT2D eigenvalue weighted by atomic mass is 9.82. The fraction of sp³-hybridized carbons (Fsp3) is 0.102. The van der Waals surface area contributed by atoms with Gasteiger partial charge in [0.25, 0.3) is 0 Å². The summed E-state index contributed by atoms with van der Waals surface area (Å²) < 4.78 is 6.68. The van der Waals surface area contributed by atoms with Gasteiger partial charge in [-0.3, -0.25) is 0 Å². The Morgan fingerprint density at radius 2 is 1.31 bits per heavy atom. The van der Waals surface area contributed by atoms with E-state index in [1.165, 1.54) is 44.6 Å². The van der Waals surface area contributed by atoms with Crippen molar-refractivity contribution in [3.63, 3.8) is 0 Å². The number of nitrogens with zero attached hydrogens (tertiary/aromatic N) is 1. The van der Waals surface area contributed by atoms with Crippen LogP contribution < -0.4 is 4.90 Å². The molecule has 1 atom stereocenters. The standard InChI is InChI=1S/C49H37NO/c1-49(2)44-20-12-11-17-38(44)39-27-26-37(30-45(39)49)50(36-24-21-34(22-25-36)32-13-5-3-6-14-32)46-31-43-42-29-35(33-15-7-4-8-16-33)23-28-47(42)51-48(43)41-19-10-9-18-40(41)46/h3-21,23-31,34H,22H2,1-2H3. The van der Waals surface area contributed by atoms with Crippen LogP contribution in [0.15, 0.2) is 180 Å². The molecule has 0 bridgehead atoms. The van der Waals surface area contributed by atoms with Gasteiger partial charge in [-0.2, -0.15) is 0 Å². The molecule has 2 heteroatoms. The number of anilines is 2. The van der Waals surface area contributed by atoms with Crippen LogP contribution in [0, 0.1) is 0 Å². The van der Waals surface area contributed by atoms with Crippen LogP contribution in [0.25, 0.3) is 55.0 Å². The zero-order chi connectivity index (χ0) is 34.1. The van der Waals surface area contributed by atoms with Gasteiger partial charge in [-0.25, -0.2) is 0 Å². The predicted molar refractivity (Wildman–Crippen MR) is 214 cm³/mol. The van der Waals surface area contributed by atoms with Crippen LogP contribution in [0.4, 0.5) is 11.4 Å². The number of allylic oxidation sites excluding steroid dienone is 3. The van der Waals surface area contributed by atoms with E-state index in [2.05, 4.69) is 189 Å². The molecule has 2 nitrogen and oxygen atoms in total. The van der Waals surface area contributed by atoms with E-state index in [1.54, 1.807) is 0 Å². The lowest BCUT2D eigenvalue weighted by molar-refractivity contribution is 0.660. The third-order valence-corrected chi connectivity index (χ3v) is 11.2. The minimum Gasteiger partial charge on any atom is -0.455 e. The van der Waals surface area contributed by atoms with Gasteiger partial charge in [0, 0.05) is 44.3 Å². The van der Waals surface area contributed by atoms with E-state index in [9.17, 15) is 0 Å². The first kappa shape index (κ1) is 29.8. The molecule has 0 fully saturated rings. The highest BCUT2D eigenvalue weighted by atomic mass is 16.3. The van der Waals surface area contributed by atoms with Crippen molar-refractivity contribution in [2.75, 3.05) is 4.90 Å². The van der Waals surface area contributed by atoms with Crippen molar-refractivity contribution in [2.24, 2.45) is 0 Å². The maximum absolute atomic E-state index is 6.68. The SMILES string of the molecule is CC1(C)c2ccccc2-c2ccc(N(C3=CCC(c4ccccc4)C=C3)c3cc4c5cc(-c6ccccc6)ccc5oc4c4ccccc34)cc21. The first-order valence-corrected chi connectivity index (χ1v) is 18.0. The molecule has 1 heterocycles. The van der Waals surface area contributed by atoms with Crippen molar-refractivity contribution in [3.8, 4) is 22.3 Å². The second-order valence-electron chi connectivity index (χ2n) is 14.5. The fourth-order valence-corrected chi connectivity index (χ4v) is 8.56. The molecule has 51 heavy (non-hydrogen) atoms. The topological polar surface area (TPSA) is 16.4 Å². The van der Waals surface area contributed by atoms with Crippen LogP contribution in [-0.4, -0.2) is 0 Å². The molecule has 0 saturated carbocycles. The highest BCUT2D eigenvalue weighted by Crippen LogP contribution is 2.51. The smallest absolute Gasteiger partial charge is 0.143 e. The van der Waals surface area contributed by atoms with Crippen molar-refractivity contribution in [1.29, 1.82) is 0 Å². The number of furan rings is 1. The molecule has 2 aliphatic carbocycles. The molecular formula is C49H37NO. The second kappa shape index (κ2) is 11.5. The van der Waals surface area contributed by atoms with Gasteiger partial charge < -0.3 is 9.32 Å². The minimum atomic E-state index is -0.108. The summed E-state index contributed by atoms with van der Waals surface area (Å²) in [5.74, 6) is 0.346. The summed E-state index contributed by atoms with van der Waals surface area (Å²) in [5, 5.41) is 4.53. The molecule has 0 aliphatic heterocycles. The summed E-state index contributed by atoms with van der Waals surface area (Å²) in [7, 11) is 0. The average Bonchev–Trinajstić information content (AvgIpc) is 3.67. The number of rotatable bonds is 5. The van der Waals surface area contributed by atoms with E-state index >= 15 is 0 Å².